The van der Waals surface area contributed by atoms with Gasteiger partial charge in [0.1, 0.15) is 18.2 Å². The topological polar surface area (TPSA) is 30.5 Å². The molecule has 3 nitrogen and oxygen atoms in total. The lowest BCUT2D eigenvalue weighted by atomic mass is 10.3. The van der Waals surface area contributed by atoms with Crippen LogP contribution in [0.3, 0.4) is 0 Å². The summed E-state index contributed by atoms with van der Waals surface area (Å²) < 4.78 is 57.5. The molecule has 0 spiro atoms. The van der Waals surface area contributed by atoms with Crippen molar-refractivity contribution >= 4 is 5.69 Å². The Kier molecular flexibility index (Phi) is 5.21. The molecule has 1 rings (SSSR count). The van der Waals surface area contributed by atoms with Gasteiger partial charge in [-0.1, -0.05) is 0 Å². The van der Waals surface area contributed by atoms with Crippen molar-refractivity contribution in [1.29, 1.82) is 0 Å². The van der Waals surface area contributed by atoms with Gasteiger partial charge in [-0.3, -0.25) is 0 Å². The van der Waals surface area contributed by atoms with E-state index in [1.807, 2.05) is 0 Å². The standard InChI is InChI=1S/C11H13F4NO2/c1-17-10-6-8(12)2-3-9(10)16-4-5-18-7-11(13,14)15/h2-3,6,16H,4-5,7H2,1H3. The third-order valence-corrected chi connectivity index (χ3v) is 1.99. The average Bonchev–Trinajstić information content (AvgIpc) is 2.28. The molecule has 18 heavy (non-hydrogen) atoms. The highest BCUT2D eigenvalue weighted by molar-refractivity contribution is 5.56. The lowest BCUT2D eigenvalue weighted by Crippen LogP contribution is -2.20. The van der Waals surface area contributed by atoms with E-state index in [1.165, 1.54) is 25.3 Å². The van der Waals surface area contributed by atoms with Gasteiger partial charge in [-0.15, -0.1) is 0 Å². The molecule has 1 aromatic carbocycles. The average molecular weight is 267 g/mol. The van der Waals surface area contributed by atoms with E-state index in [9.17, 15) is 17.6 Å². The number of methoxy groups -OCH3 is 1. The summed E-state index contributed by atoms with van der Waals surface area (Å²) in [6, 6.07) is 3.85. The van der Waals surface area contributed by atoms with Crippen LogP contribution in [0.15, 0.2) is 18.2 Å². The maximum absolute atomic E-state index is 12.9. The second-order valence-corrected chi connectivity index (χ2v) is 3.44. The number of benzene rings is 1. The van der Waals surface area contributed by atoms with Crippen LogP contribution in [0.2, 0.25) is 0 Å². The van der Waals surface area contributed by atoms with Gasteiger partial charge in [-0.2, -0.15) is 13.2 Å². The second-order valence-electron chi connectivity index (χ2n) is 3.44. The Balaban J connectivity index is 2.35. The van der Waals surface area contributed by atoms with E-state index in [2.05, 4.69) is 10.1 Å². The summed E-state index contributed by atoms with van der Waals surface area (Å²) in [5, 5.41) is 2.79. The molecule has 0 aliphatic heterocycles. The minimum atomic E-state index is -4.33. The maximum atomic E-state index is 12.9. The molecule has 0 amide bonds. The van der Waals surface area contributed by atoms with Crippen LogP contribution >= 0.6 is 0 Å². The molecule has 1 N–H and O–H groups in total. The SMILES string of the molecule is COc1cc(F)ccc1NCCOCC(F)(F)F. The number of ether oxygens (including phenoxy) is 2. The van der Waals surface area contributed by atoms with Gasteiger partial charge < -0.3 is 14.8 Å². The number of anilines is 1. The van der Waals surface area contributed by atoms with Gasteiger partial charge in [-0.25, -0.2) is 4.39 Å². The van der Waals surface area contributed by atoms with Crippen LogP contribution in [0.25, 0.3) is 0 Å². The molecule has 0 aromatic heterocycles. The van der Waals surface area contributed by atoms with Crippen molar-refractivity contribution in [2.45, 2.75) is 6.18 Å². The molecule has 7 heteroatoms. The monoisotopic (exact) mass is 267 g/mol. The lowest BCUT2D eigenvalue weighted by molar-refractivity contribution is -0.172. The van der Waals surface area contributed by atoms with Crippen molar-refractivity contribution in [1.82, 2.24) is 0 Å². The number of halogens is 4. The van der Waals surface area contributed by atoms with Gasteiger partial charge in [0, 0.05) is 12.6 Å². The Hall–Kier alpha value is -1.50. The van der Waals surface area contributed by atoms with Gasteiger partial charge in [0.15, 0.2) is 0 Å². The van der Waals surface area contributed by atoms with Gasteiger partial charge >= 0.3 is 6.18 Å². The quantitative estimate of drug-likeness (QED) is 0.635. The van der Waals surface area contributed by atoms with Gasteiger partial charge in [-0.05, 0) is 12.1 Å². The summed E-state index contributed by atoms with van der Waals surface area (Å²) in [6.07, 6.45) is -4.33. The zero-order chi connectivity index (χ0) is 13.6. The minimum absolute atomic E-state index is 0.111. The van der Waals surface area contributed by atoms with E-state index in [-0.39, 0.29) is 18.9 Å². The van der Waals surface area contributed by atoms with Crippen molar-refractivity contribution in [3.05, 3.63) is 24.0 Å². The van der Waals surface area contributed by atoms with E-state index in [4.69, 9.17) is 4.74 Å². The highest BCUT2D eigenvalue weighted by Crippen LogP contribution is 2.24. The molecule has 0 saturated carbocycles. The van der Waals surface area contributed by atoms with Gasteiger partial charge in [0.05, 0.1) is 19.4 Å². The molecule has 0 aliphatic carbocycles. The normalized spacial score (nSPS) is 11.4. The molecular weight excluding hydrogens is 254 g/mol. The summed E-state index contributed by atoms with van der Waals surface area (Å²) in [5.74, 6) is -0.170. The molecule has 0 fully saturated rings. The minimum Gasteiger partial charge on any atom is -0.494 e. The van der Waals surface area contributed by atoms with Crippen LogP contribution in [0.5, 0.6) is 5.75 Å². The fourth-order valence-corrected chi connectivity index (χ4v) is 1.26. The Labute approximate surface area is 102 Å². The van der Waals surface area contributed by atoms with Crippen LogP contribution in [0.1, 0.15) is 0 Å². The fraction of sp³-hybridized carbons (Fsp3) is 0.455. The Morgan fingerprint density at radius 2 is 2.00 bits per heavy atom. The summed E-state index contributed by atoms with van der Waals surface area (Å²) in [5.41, 5.74) is 0.495. The van der Waals surface area contributed by atoms with Crippen molar-refractivity contribution in [3.8, 4) is 5.75 Å². The van der Waals surface area contributed by atoms with Crippen molar-refractivity contribution < 1.29 is 27.0 Å². The third kappa shape index (κ3) is 5.22. The predicted octanol–water partition coefficient (Wildman–Crippen LogP) is 2.83. The first-order chi connectivity index (χ1) is 8.42. The summed E-state index contributed by atoms with van der Waals surface area (Å²) in [4.78, 5) is 0. The van der Waals surface area contributed by atoms with E-state index >= 15 is 0 Å². The fourth-order valence-electron chi connectivity index (χ4n) is 1.26. The second kappa shape index (κ2) is 6.44. The third-order valence-electron chi connectivity index (χ3n) is 1.99. The predicted molar refractivity (Wildman–Crippen MR) is 58.3 cm³/mol. The van der Waals surface area contributed by atoms with E-state index in [0.717, 1.165) is 0 Å². The van der Waals surface area contributed by atoms with E-state index in [1.54, 1.807) is 0 Å². The molecule has 0 bridgehead atoms. The highest BCUT2D eigenvalue weighted by Gasteiger charge is 2.27. The zero-order valence-electron chi connectivity index (χ0n) is 9.68. The molecule has 0 heterocycles. The van der Waals surface area contributed by atoms with Crippen LogP contribution in [0.4, 0.5) is 23.2 Å². The molecule has 0 saturated heterocycles. The number of nitrogens with one attached hydrogen (secondary N) is 1. The number of hydrogen-bond acceptors (Lipinski definition) is 3. The van der Waals surface area contributed by atoms with Crippen molar-refractivity contribution in [2.75, 3.05) is 32.2 Å². The zero-order valence-corrected chi connectivity index (χ0v) is 9.68. The van der Waals surface area contributed by atoms with Crippen LogP contribution in [-0.2, 0) is 4.74 Å². The van der Waals surface area contributed by atoms with Crippen molar-refractivity contribution in [3.63, 3.8) is 0 Å². The summed E-state index contributed by atoms with van der Waals surface area (Å²) in [6.45, 7) is -1.23. The van der Waals surface area contributed by atoms with Gasteiger partial charge in [0.25, 0.3) is 0 Å². The maximum Gasteiger partial charge on any atom is 0.411 e. The molecule has 0 radical (unpaired) electrons. The molecule has 0 unspecified atom stereocenters. The molecule has 0 atom stereocenters. The first kappa shape index (κ1) is 14.6. The first-order valence-corrected chi connectivity index (χ1v) is 5.14. The first-order valence-electron chi connectivity index (χ1n) is 5.14. The van der Waals surface area contributed by atoms with Crippen LogP contribution < -0.4 is 10.1 Å². The lowest BCUT2D eigenvalue weighted by Gasteiger charge is -2.12. The van der Waals surface area contributed by atoms with E-state index < -0.39 is 18.6 Å². The van der Waals surface area contributed by atoms with E-state index in [0.29, 0.717) is 5.69 Å². The Bertz CT molecular complexity index is 382. The summed E-state index contributed by atoms with van der Waals surface area (Å²) >= 11 is 0. The van der Waals surface area contributed by atoms with Crippen LogP contribution in [-0.4, -0.2) is 33.0 Å². The highest BCUT2D eigenvalue weighted by atomic mass is 19.4. The Morgan fingerprint density at radius 3 is 2.61 bits per heavy atom. The Morgan fingerprint density at radius 1 is 1.28 bits per heavy atom. The van der Waals surface area contributed by atoms with Crippen LogP contribution in [0, 0.1) is 5.82 Å². The molecule has 0 aliphatic rings. The van der Waals surface area contributed by atoms with Gasteiger partial charge in [0.2, 0.25) is 0 Å². The molecule has 1 aromatic rings. The number of hydrogen-bond donors (Lipinski definition) is 1. The molecule has 102 valence electrons. The number of rotatable bonds is 6. The number of alkyl halides is 3. The largest absolute Gasteiger partial charge is 0.494 e. The summed E-state index contributed by atoms with van der Waals surface area (Å²) in [7, 11) is 1.38. The molecular formula is C11H13F4NO2. The van der Waals surface area contributed by atoms with Crippen molar-refractivity contribution in [2.24, 2.45) is 0 Å². The smallest absolute Gasteiger partial charge is 0.411 e.